The van der Waals surface area contributed by atoms with E-state index in [0.717, 1.165) is 35.0 Å². The minimum atomic E-state index is 0.330. The van der Waals surface area contributed by atoms with E-state index in [-0.39, 0.29) is 0 Å². The summed E-state index contributed by atoms with van der Waals surface area (Å²) in [5.41, 5.74) is 8.68. The van der Waals surface area contributed by atoms with Gasteiger partial charge < -0.3 is 15.0 Å². The van der Waals surface area contributed by atoms with Gasteiger partial charge in [0.15, 0.2) is 0 Å². The molecule has 1 aromatic heterocycles. The number of aryl methyl sites for hydroxylation is 1. The van der Waals surface area contributed by atoms with Gasteiger partial charge in [-0.3, -0.25) is 0 Å². The highest BCUT2D eigenvalue weighted by Gasteiger charge is 2.23. The van der Waals surface area contributed by atoms with Gasteiger partial charge in [-0.2, -0.15) is 0 Å². The summed E-state index contributed by atoms with van der Waals surface area (Å²) < 4.78 is 10.8. The maximum atomic E-state index is 5.87. The lowest BCUT2D eigenvalue weighted by molar-refractivity contribution is 0.301. The molecule has 0 saturated heterocycles. The number of aromatic nitrogens is 1. The Balaban J connectivity index is 1.94. The van der Waals surface area contributed by atoms with Crippen LogP contribution >= 0.6 is 0 Å². The third-order valence-electron chi connectivity index (χ3n) is 3.20. The molecular weight excluding hydrogens is 228 g/mol. The highest BCUT2D eigenvalue weighted by molar-refractivity contribution is 5.77. The van der Waals surface area contributed by atoms with Crippen LogP contribution in [0.5, 0.6) is 5.75 Å². The Morgan fingerprint density at radius 2 is 2.22 bits per heavy atom. The molecular formula is C14H16N2O2. The molecule has 4 heteroatoms. The van der Waals surface area contributed by atoms with Crippen molar-refractivity contribution in [3.8, 4) is 16.9 Å². The second-order valence-electron chi connectivity index (χ2n) is 4.86. The van der Waals surface area contributed by atoms with E-state index in [4.69, 9.17) is 15.0 Å². The lowest BCUT2D eigenvalue weighted by Gasteiger charge is -2.11. The van der Waals surface area contributed by atoms with Crippen molar-refractivity contribution in [1.29, 1.82) is 0 Å². The summed E-state index contributed by atoms with van der Waals surface area (Å²) in [5.74, 6) is 1.90. The van der Waals surface area contributed by atoms with E-state index in [0.29, 0.717) is 5.88 Å². The van der Waals surface area contributed by atoms with Crippen molar-refractivity contribution in [2.75, 3.05) is 12.3 Å². The van der Waals surface area contributed by atoms with E-state index in [1.165, 1.54) is 12.8 Å². The number of nitrogens with zero attached hydrogens (tertiary/aromatic N) is 1. The second kappa shape index (κ2) is 4.37. The van der Waals surface area contributed by atoms with E-state index < -0.39 is 0 Å². The van der Waals surface area contributed by atoms with Crippen molar-refractivity contribution in [2.24, 2.45) is 5.92 Å². The SMILES string of the molecule is Cc1ccc(OCC2CC2)c(-c2cnoc2N)c1. The molecule has 3 rings (SSSR count). The smallest absolute Gasteiger partial charge is 0.230 e. The predicted molar refractivity (Wildman–Crippen MR) is 69.3 cm³/mol. The Bertz CT molecular complexity index is 559. The lowest BCUT2D eigenvalue weighted by atomic mass is 10.0. The molecule has 0 aliphatic heterocycles. The largest absolute Gasteiger partial charge is 0.493 e. The number of ether oxygens (including phenoxy) is 1. The number of anilines is 1. The van der Waals surface area contributed by atoms with Crippen molar-refractivity contribution >= 4 is 5.88 Å². The minimum absolute atomic E-state index is 0.330. The van der Waals surface area contributed by atoms with Crippen LogP contribution < -0.4 is 10.5 Å². The van der Waals surface area contributed by atoms with Gasteiger partial charge in [-0.25, -0.2) is 0 Å². The lowest BCUT2D eigenvalue weighted by Crippen LogP contribution is -2.00. The third kappa shape index (κ3) is 2.18. The standard InChI is InChI=1S/C14H16N2O2/c1-9-2-5-13(17-8-10-3-4-10)11(6-9)12-7-16-18-14(12)15/h2,5-7,10H,3-4,8,15H2,1H3. The summed E-state index contributed by atoms with van der Waals surface area (Å²) in [7, 11) is 0. The summed E-state index contributed by atoms with van der Waals surface area (Å²) in [5, 5.41) is 3.72. The first-order valence-corrected chi connectivity index (χ1v) is 6.18. The second-order valence-corrected chi connectivity index (χ2v) is 4.86. The Hall–Kier alpha value is -1.97. The summed E-state index contributed by atoms with van der Waals surface area (Å²) in [4.78, 5) is 0. The molecule has 94 valence electrons. The molecule has 1 heterocycles. The molecule has 1 saturated carbocycles. The number of nitrogens with two attached hydrogens (primary N) is 1. The molecule has 0 atom stereocenters. The highest BCUT2D eigenvalue weighted by atomic mass is 16.5. The zero-order valence-corrected chi connectivity index (χ0v) is 10.3. The number of benzene rings is 1. The monoisotopic (exact) mass is 244 g/mol. The summed E-state index contributed by atoms with van der Waals surface area (Å²) in [6, 6.07) is 6.07. The van der Waals surface area contributed by atoms with Gasteiger partial charge in [-0.05, 0) is 37.8 Å². The van der Waals surface area contributed by atoms with E-state index >= 15 is 0 Å². The molecule has 1 aromatic carbocycles. The van der Waals surface area contributed by atoms with Gasteiger partial charge in [0, 0.05) is 5.56 Å². The van der Waals surface area contributed by atoms with Crippen molar-refractivity contribution in [2.45, 2.75) is 19.8 Å². The highest BCUT2D eigenvalue weighted by Crippen LogP contribution is 2.36. The molecule has 1 aliphatic rings. The molecule has 0 spiro atoms. The Morgan fingerprint density at radius 3 is 2.89 bits per heavy atom. The van der Waals surface area contributed by atoms with Crippen molar-refractivity contribution in [3.05, 3.63) is 30.0 Å². The van der Waals surface area contributed by atoms with Gasteiger partial charge >= 0.3 is 0 Å². The van der Waals surface area contributed by atoms with E-state index in [2.05, 4.69) is 5.16 Å². The van der Waals surface area contributed by atoms with Gasteiger partial charge in [0.05, 0.1) is 18.4 Å². The van der Waals surface area contributed by atoms with Crippen LogP contribution in [0.1, 0.15) is 18.4 Å². The number of hydrogen-bond donors (Lipinski definition) is 1. The van der Waals surface area contributed by atoms with Gasteiger partial charge in [0.1, 0.15) is 5.75 Å². The summed E-state index contributed by atoms with van der Waals surface area (Å²) in [6.45, 7) is 2.82. The predicted octanol–water partition coefficient (Wildman–Crippen LogP) is 3.02. The fourth-order valence-electron chi connectivity index (χ4n) is 1.92. The summed E-state index contributed by atoms with van der Waals surface area (Å²) >= 11 is 0. The first-order chi connectivity index (χ1) is 8.74. The fourth-order valence-corrected chi connectivity index (χ4v) is 1.92. The van der Waals surface area contributed by atoms with Crippen LogP contribution in [-0.2, 0) is 0 Å². The van der Waals surface area contributed by atoms with Crippen LogP contribution in [0.15, 0.2) is 28.9 Å². The number of hydrogen-bond acceptors (Lipinski definition) is 4. The van der Waals surface area contributed by atoms with Gasteiger partial charge in [-0.1, -0.05) is 16.8 Å². The van der Waals surface area contributed by atoms with Crippen molar-refractivity contribution in [1.82, 2.24) is 5.16 Å². The molecule has 0 bridgehead atoms. The normalized spacial score (nSPS) is 14.7. The quantitative estimate of drug-likeness (QED) is 0.898. The molecule has 18 heavy (non-hydrogen) atoms. The fraction of sp³-hybridized carbons (Fsp3) is 0.357. The third-order valence-corrected chi connectivity index (χ3v) is 3.20. The average molecular weight is 244 g/mol. The van der Waals surface area contributed by atoms with Gasteiger partial charge in [0.2, 0.25) is 5.88 Å². The van der Waals surface area contributed by atoms with Crippen molar-refractivity contribution in [3.63, 3.8) is 0 Å². The first kappa shape index (κ1) is 11.1. The number of rotatable bonds is 4. The molecule has 0 amide bonds. The summed E-state index contributed by atoms with van der Waals surface area (Å²) in [6.07, 6.45) is 4.18. The Morgan fingerprint density at radius 1 is 1.39 bits per heavy atom. The van der Waals surface area contributed by atoms with Crippen LogP contribution in [0, 0.1) is 12.8 Å². The van der Waals surface area contributed by atoms with Crippen LogP contribution in [-0.4, -0.2) is 11.8 Å². The van der Waals surface area contributed by atoms with Crippen LogP contribution in [0.25, 0.3) is 11.1 Å². The molecule has 1 aliphatic carbocycles. The molecule has 0 unspecified atom stereocenters. The zero-order valence-electron chi connectivity index (χ0n) is 10.3. The molecule has 0 radical (unpaired) electrons. The van der Waals surface area contributed by atoms with Crippen LogP contribution in [0.3, 0.4) is 0 Å². The molecule has 2 aromatic rings. The maximum Gasteiger partial charge on any atom is 0.230 e. The average Bonchev–Trinajstić information content (AvgIpc) is 3.09. The topological polar surface area (TPSA) is 61.3 Å². The minimum Gasteiger partial charge on any atom is -0.493 e. The van der Waals surface area contributed by atoms with E-state index in [1.54, 1.807) is 6.20 Å². The van der Waals surface area contributed by atoms with Gasteiger partial charge in [-0.15, -0.1) is 0 Å². The van der Waals surface area contributed by atoms with E-state index in [9.17, 15) is 0 Å². The van der Waals surface area contributed by atoms with E-state index in [1.807, 2.05) is 25.1 Å². The van der Waals surface area contributed by atoms with Crippen molar-refractivity contribution < 1.29 is 9.26 Å². The Kier molecular flexibility index (Phi) is 2.70. The molecule has 2 N–H and O–H groups in total. The number of nitrogen functional groups attached to an aromatic ring is 1. The first-order valence-electron chi connectivity index (χ1n) is 6.18. The molecule has 1 fully saturated rings. The van der Waals surface area contributed by atoms with Gasteiger partial charge in [0.25, 0.3) is 0 Å². The van der Waals surface area contributed by atoms with Crippen LogP contribution in [0.2, 0.25) is 0 Å². The molecule has 4 nitrogen and oxygen atoms in total. The Labute approximate surface area is 106 Å². The zero-order chi connectivity index (χ0) is 12.5. The van der Waals surface area contributed by atoms with Crippen LogP contribution in [0.4, 0.5) is 5.88 Å². The maximum absolute atomic E-state index is 5.87.